The standard InChI is InChI=1S/C15H18N4O3S/c1-10(17-15-14(11(2)16)18-22-19-15)4-5-12-6-8-13(9-7-12)23(3,20)21/h6-9H,2,4-5,16H2,1,3H3/b17-10-. The van der Waals surface area contributed by atoms with E-state index in [1.54, 1.807) is 24.3 Å². The Balaban J connectivity index is 2.04. The van der Waals surface area contributed by atoms with Crippen LogP contribution in [0.1, 0.15) is 24.6 Å². The second-order valence-corrected chi connectivity index (χ2v) is 7.24. The highest BCUT2D eigenvalue weighted by Crippen LogP contribution is 2.19. The zero-order valence-electron chi connectivity index (χ0n) is 13.0. The Morgan fingerprint density at radius 3 is 2.52 bits per heavy atom. The van der Waals surface area contributed by atoms with Gasteiger partial charge < -0.3 is 5.73 Å². The molecule has 7 nitrogen and oxygen atoms in total. The van der Waals surface area contributed by atoms with E-state index in [-0.39, 0.29) is 5.70 Å². The summed E-state index contributed by atoms with van der Waals surface area (Å²) in [5, 5.41) is 7.34. The summed E-state index contributed by atoms with van der Waals surface area (Å²) in [5.41, 5.74) is 8.00. The van der Waals surface area contributed by atoms with Gasteiger partial charge in [-0.25, -0.2) is 18.0 Å². The molecule has 0 radical (unpaired) electrons. The van der Waals surface area contributed by atoms with Gasteiger partial charge in [-0.15, -0.1) is 0 Å². The van der Waals surface area contributed by atoms with Crippen LogP contribution in [0.25, 0.3) is 5.70 Å². The lowest BCUT2D eigenvalue weighted by Crippen LogP contribution is -1.99. The highest BCUT2D eigenvalue weighted by Gasteiger charge is 2.11. The van der Waals surface area contributed by atoms with Gasteiger partial charge in [0, 0.05) is 12.0 Å². The van der Waals surface area contributed by atoms with Crippen LogP contribution in [-0.4, -0.2) is 30.7 Å². The molecule has 8 heteroatoms. The van der Waals surface area contributed by atoms with Crippen LogP contribution in [0.15, 0.2) is 45.4 Å². The van der Waals surface area contributed by atoms with E-state index in [1.165, 1.54) is 6.26 Å². The first kappa shape index (κ1) is 16.9. The van der Waals surface area contributed by atoms with Gasteiger partial charge in [-0.1, -0.05) is 18.7 Å². The summed E-state index contributed by atoms with van der Waals surface area (Å²) in [5.74, 6) is 0.308. The molecule has 0 amide bonds. The summed E-state index contributed by atoms with van der Waals surface area (Å²) in [7, 11) is -3.17. The van der Waals surface area contributed by atoms with Gasteiger partial charge in [-0.3, -0.25) is 0 Å². The van der Waals surface area contributed by atoms with Gasteiger partial charge >= 0.3 is 0 Å². The van der Waals surface area contributed by atoms with Crippen molar-refractivity contribution >= 4 is 27.1 Å². The average molecular weight is 334 g/mol. The van der Waals surface area contributed by atoms with Crippen molar-refractivity contribution in [2.75, 3.05) is 6.26 Å². The third-order valence-electron chi connectivity index (χ3n) is 3.20. The van der Waals surface area contributed by atoms with Crippen LogP contribution < -0.4 is 5.73 Å². The maximum atomic E-state index is 11.4. The molecule has 0 fully saturated rings. The number of nitrogens with zero attached hydrogens (tertiary/aromatic N) is 3. The number of nitrogens with two attached hydrogens (primary N) is 1. The molecular formula is C15H18N4O3S. The molecular weight excluding hydrogens is 316 g/mol. The SMILES string of the molecule is C=C(N)c1nonc1/N=C(/C)CCc1ccc(S(C)(=O)=O)cc1. The monoisotopic (exact) mass is 334 g/mol. The second kappa shape index (κ2) is 6.74. The van der Waals surface area contributed by atoms with Crippen molar-refractivity contribution in [2.24, 2.45) is 10.7 Å². The van der Waals surface area contributed by atoms with Gasteiger partial charge in [-0.2, -0.15) is 0 Å². The van der Waals surface area contributed by atoms with E-state index < -0.39 is 9.84 Å². The van der Waals surface area contributed by atoms with Gasteiger partial charge in [-0.05, 0) is 47.8 Å². The molecule has 23 heavy (non-hydrogen) atoms. The molecule has 0 spiro atoms. The van der Waals surface area contributed by atoms with Gasteiger partial charge in [0.05, 0.1) is 10.6 Å². The number of hydrogen-bond donors (Lipinski definition) is 1. The minimum atomic E-state index is -3.17. The van der Waals surface area contributed by atoms with Crippen LogP contribution in [0.2, 0.25) is 0 Å². The molecule has 0 aliphatic rings. The lowest BCUT2D eigenvalue weighted by atomic mass is 10.1. The largest absolute Gasteiger partial charge is 0.397 e. The molecule has 0 saturated heterocycles. The Labute approximate surface area is 134 Å². The maximum absolute atomic E-state index is 11.4. The lowest BCUT2D eigenvalue weighted by molar-refractivity contribution is 0.307. The number of aromatic nitrogens is 2. The van der Waals surface area contributed by atoms with E-state index in [2.05, 4.69) is 26.5 Å². The Kier molecular flexibility index (Phi) is 4.95. The number of aliphatic imine (C=N–C) groups is 1. The molecule has 0 unspecified atom stereocenters. The Bertz CT molecular complexity index is 836. The molecule has 2 aromatic rings. The van der Waals surface area contributed by atoms with Crippen LogP contribution in [0.5, 0.6) is 0 Å². The highest BCUT2D eigenvalue weighted by atomic mass is 32.2. The van der Waals surface area contributed by atoms with Crippen molar-refractivity contribution in [3.63, 3.8) is 0 Å². The number of hydrogen-bond acceptors (Lipinski definition) is 7. The summed E-state index contributed by atoms with van der Waals surface area (Å²) in [6, 6.07) is 6.81. The van der Waals surface area contributed by atoms with Crippen molar-refractivity contribution in [1.82, 2.24) is 10.3 Å². The van der Waals surface area contributed by atoms with Crippen LogP contribution in [0.4, 0.5) is 5.82 Å². The predicted octanol–water partition coefficient (Wildman–Crippen LogP) is 2.13. The first-order valence-corrected chi connectivity index (χ1v) is 8.77. The van der Waals surface area contributed by atoms with E-state index in [0.29, 0.717) is 22.8 Å². The molecule has 0 aliphatic carbocycles. The fourth-order valence-electron chi connectivity index (χ4n) is 1.92. The molecule has 0 saturated carbocycles. The van der Waals surface area contributed by atoms with E-state index in [1.807, 2.05) is 6.92 Å². The first-order chi connectivity index (χ1) is 10.8. The van der Waals surface area contributed by atoms with Crippen molar-refractivity contribution in [2.45, 2.75) is 24.7 Å². The summed E-state index contributed by atoms with van der Waals surface area (Å²) in [4.78, 5) is 4.64. The molecule has 2 rings (SSSR count). The van der Waals surface area contributed by atoms with Crippen LogP contribution in [0.3, 0.4) is 0 Å². The number of aryl methyl sites for hydroxylation is 1. The molecule has 0 aliphatic heterocycles. The number of rotatable bonds is 6. The predicted molar refractivity (Wildman–Crippen MR) is 88.2 cm³/mol. The van der Waals surface area contributed by atoms with Gasteiger partial charge in [0.1, 0.15) is 0 Å². The highest BCUT2D eigenvalue weighted by molar-refractivity contribution is 7.90. The van der Waals surface area contributed by atoms with E-state index in [9.17, 15) is 8.42 Å². The summed E-state index contributed by atoms with van der Waals surface area (Å²) >= 11 is 0. The summed E-state index contributed by atoms with van der Waals surface area (Å²) < 4.78 is 27.4. The van der Waals surface area contributed by atoms with E-state index >= 15 is 0 Å². The van der Waals surface area contributed by atoms with Crippen LogP contribution in [0, 0.1) is 0 Å². The molecule has 1 aromatic heterocycles. The zero-order chi connectivity index (χ0) is 17.0. The molecule has 122 valence electrons. The van der Waals surface area contributed by atoms with E-state index in [0.717, 1.165) is 17.7 Å². The van der Waals surface area contributed by atoms with E-state index in [4.69, 9.17) is 5.73 Å². The molecule has 1 heterocycles. The smallest absolute Gasteiger partial charge is 0.226 e. The topological polar surface area (TPSA) is 111 Å². The van der Waals surface area contributed by atoms with Crippen LogP contribution >= 0.6 is 0 Å². The number of sulfone groups is 1. The number of benzene rings is 1. The van der Waals surface area contributed by atoms with Gasteiger partial charge in [0.25, 0.3) is 0 Å². The quantitative estimate of drug-likeness (QED) is 0.810. The molecule has 2 N–H and O–H groups in total. The lowest BCUT2D eigenvalue weighted by Gasteiger charge is -2.03. The van der Waals surface area contributed by atoms with Gasteiger partial charge in [0.15, 0.2) is 15.5 Å². The minimum absolute atomic E-state index is 0.245. The zero-order valence-corrected chi connectivity index (χ0v) is 13.8. The third kappa shape index (κ3) is 4.49. The second-order valence-electron chi connectivity index (χ2n) is 5.22. The van der Waals surface area contributed by atoms with Crippen molar-refractivity contribution < 1.29 is 13.0 Å². The fraction of sp³-hybridized carbons (Fsp3) is 0.267. The van der Waals surface area contributed by atoms with Gasteiger partial charge in [0.2, 0.25) is 5.82 Å². The third-order valence-corrected chi connectivity index (χ3v) is 4.33. The average Bonchev–Trinajstić information content (AvgIpc) is 2.93. The van der Waals surface area contributed by atoms with Crippen molar-refractivity contribution in [3.8, 4) is 0 Å². The minimum Gasteiger partial charge on any atom is -0.397 e. The van der Waals surface area contributed by atoms with Crippen LogP contribution in [-0.2, 0) is 16.3 Å². The Hall–Kier alpha value is -2.48. The Morgan fingerprint density at radius 1 is 1.30 bits per heavy atom. The summed E-state index contributed by atoms with van der Waals surface area (Å²) in [6.07, 6.45) is 2.60. The van der Waals surface area contributed by atoms with Crippen molar-refractivity contribution in [1.29, 1.82) is 0 Å². The first-order valence-electron chi connectivity index (χ1n) is 6.88. The Morgan fingerprint density at radius 2 is 1.96 bits per heavy atom. The summed E-state index contributed by atoms with van der Waals surface area (Å²) in [6.45, 7) is 5.45. The fourth-order valence-corrected chi connectivity index (χ4v) is 2.56. The normalized spacial score (nSPS) is 12.3. The molecule has 0 bridgehead atoms. The molecule has 1 aromatic carbocycles. The maximum Gasteiger partial charge on any atom is 0.226 e. The molecule has 0 atom stereocenters. The van der Waals surface area contributed by atoms with Crippen molar-refractivity contribution in [3.05, 3.63) is 42.1 Å².